The topological polar surface area (TPSA) is 26.3 Å². The Morgan fingerprint density at radius 1 is 0.840 bits per heavy atom. The van der Waals surface area contributed by atoms with Crippen LogP contribution in [0, 0.1) is 0 Å². The number of hydrogen-bond donors (Lipinski definition) is 0. The summed E-state index contributed by atoms with van der Waals surface area (Å²) in [4.78, 5) is 10.5. The van der Waals surface area contributed by atoms with Gasteiger partial charge in [-0.2, -0.15) is 10.4 Å². The molecule has 0 N–H and O–H groups in total. The minimum absolute atomic E-state index is 0.0263. The molecular weight excluding hydrogens is 324 g/mol. The maximum atomic E-state index is 10.5. The van der Waals surface area contributed by atoms with Gasteiger partial charge in [0.2, 0.25) is 0 Å². The summed E-state index contributed by atoms with van der Waals surface area (Å²) in [6.07, 6.45) is 4.64. The van der Waals surface area contributed by atoms with Crippen molar-refractivity contribution in [1.29, 1.82) is 0 Å². The van der Waals surface area contributed by atoms with E-state index in [1.807, 2.05) is 0 Å². The summed E-state index contributed by atoms with van der Waals surface area (Å²) in [5.41, 5.74) is 0. The third kappa shape index (κ3) is 4.68. The van der Waals surface area contributed by atoms with Crippen LogP contribution in [0.2, 0.25) is 5.04 Å². The highest BCUT2D eigenvalue weighted by molar-refractivity contribution is 6.99. The number of hydrogen-bond acceptors (Lipinski definition) is 2. The first-order valence-electron chi connectivity index (χ1n) is 9.21. The van der Waals surface area contributed by atoms with Crippen LogP contribution in [0.5, 0.6) is 0 Å². The molecule has 0 aliphatic carbocycles. The predicted molar refractivity (Wildman–Crippen MR) is 108 cm³/mol. The van der Waals surface area contributed by atoms with E-state index in [0.29, 0.717) is 6.42 Å². The van der Waals surface area contributed by atoms with Gasteiger partial charge in [0.25, 0.3) is 0 Å². The lowest BCUT2D eigenvalue weighted by Gasteiger charge is -2.55. The predicted octanol–water partition coefficient (Wildman–Crippen LogP) is 4.32. The molecule has 2 aromatic rings. The van der Waals surface area contributed by atoms with Gasteiger partial charge >= 0.3 is 0 Å². The van der Waals surface area contributed by atoms with Crippen LogP contribution in [0.1, 0.15) is 46.5 Å². The molecule has 0 unspecified atom stereocenters. The first-order valence-corrected chi connectivity index (χ1v) is 11.1. The van der Waals surface area contributed by atoms with Gasteiger partial charge < -0.3 is 9.22 Å². The van der Waals surface area contributed by atoms with E-state index in [1.54, 1.807) is 0 Å². The van der Waals surface area contributed by atoms with E-state index in [0.717, 1.165) is 32.2 Å². The van der Waals surface area contributed by atoms with E-state index in [2.05, 4.69) is 81.4 Å². The monoisotopic (exact) mass is 354 g/mol. The Bertz CT molecular complexity index is 593. The zero-order valence-corrected chi connectivity index (χ0v) is 16.7. The fourth-order valence-corrected chi connectivity index (χ4v) is 8.10. The molecule has 135 valence electrons. The van der Waals surface area contributed by atoms with E-state index in [9.17, 15) is 4.79 Å². The number of benzene rings is 2. The van der Waals surface area contributed by atoms with Gasteiger partial charge in [-0.15, -0.1) is 5.04 Å². The molecule has 2 aromatic carbocycles. The normalized spacial score (nSPS) is 12.1. The molecule has 0 fully saturated rings. The molecule has 0 atom stereocenters. The van der Waals surface area contributed by atoms with Gasteiger partial charge in [0.15, 0.2) is 0 Å². The number of carbonyl (C=O) groups is 1. The van der Waals surface area contributed by atoms with Crippen molar-refractivity contribution in [1.82, 2.24) is 0 Å². The van der Waals surface area contributed by atoms with Gasteiger partial charge in [-0.05, 0) is 12.8 Å². The molecule has 0 amide bonds. The first-order chi connectivity index (χ1) is 12.0. The van der Waals surface area contributed by atoms with Crippen molar-refractivity contribution in [2.45, 2.75) is 51.5 Å². The minimum Gasteiger partial charge on any atom is -0.558 e. The Balaban J connectivity index is 2.34. The fraction of sp³-hybridized carbons (Fsp3) is 0.409. The van der Waals surface area contributed by atoms with E-state index < -0.39 is 8.32 Å². The highest BCUT2D eigenvalue weighted by Gasteiger charge is 2.36. The third-order valence-corrected chi connectivity index (χ3v) is 9.74. The molecule has 0 bridgehead atoms. The van der Waals surface area contributed by atoms with Gasteiger partial charge in [-0.25, -0.2) is 0 Å². The number of unbranched alkanes of at least 4 members (excludes halogenated alkanes) is 3. The SMILES string of the molecule is CC(C)(C)[Si-](OCCCCCC=O)(c1ccccc1)c1ccccc1. The van der Waals surface area contributed by atoms with Crippen LogP contribution in [0.4, 0.5) is 0 Å². The zero-order valence-electron chi connectivity index (χ0n) is 15.7. The standard InChI is InChI=1S/C22H30O2Si/c1-22(2,3)25(20-14-8-6-9-15-20,21-16-10-7-11-17-21)24-19-13-5-4-12-18-23/h6-11,14-18H,4-5,12-13,19H2,1-3H3/q-1. The van der Waals surface area contributed by atoms with Gasteiger partial charge in [0.05, 0.1) is 8.32 Å². The molecule has 0 saturated heterocycles. The second-order valence-corrected chi connectivity index (χ2v) is 11.8. The number of rotatable bonds is 9. The van der Waals surface area contributed by atoms with Crippen LogP contribution in [0.25, 0.3) is 0 Å². The summed E-state index contributed by atoms with van der Waals surface area (Å²) in [5, 5.41) is 2.67. The third-order valence-electron chi connectivity index (χ3n) is 4.70. The lowest BCUT2D eigenvalue weighted by atomic mass is 10.2. The van der Waals surface area contributed by atoms with E-state index in [4.69, 9.17) is 4.43 Å². The summed E-state index contributed by atoms with van der Waals surface area (Å²) in [6, 6.07) is 21.4. The second-order valence-electron chi connectivity index (χ2n) is 7.53. The average molecular weight is 355 g/mol. The van der Waals surface area contributed by atoms with Crippen LogP contribution in [-0.2, 0) is 9.22 Å². The molecule has 0 heterocycles. The first kappa shape index (κ1) is 19.6. The van der Waals surface area contributed by atoms with Crippen molar-refractivity contribution in [2.75, 3.05) is 6.61 Å². The summed E-state index contributed by atoms with van der Waals surface area (Å²) in [5.74, 6) is 0. The van der Waals surface area contributed by atoms with Crippen molar-refractivity contribution < 1.29 is 9.22 Å². The Hall–Kier alpha value is -1.71. The van der Waals surface area contributed by atoms with Crippen molar-refractivity contribution in [3.63, 3.8) is 0 Å². The lowest BCUT2D eigenvalue weighted by molar-refractivity contribution is -0.107. The van der Waals surface area contributed by atoms with Crippen molar-refractivity contribution >= 4 is 25.0 Å². The van der Waals surface area contributed by atoms with Gasteiger partial charge in [0, 0.05) is 13.0 Å². The van der Waals surface area contributed by atoms with Gasteiger partial charge in [0.1, 0.15) is 6.29 Å². The van der Waals surface area contributed by atoms with E-state index in [-0.39, 0.29) is 5.04 Å². The summed E-state index contributed by atoms with van der Waals surface area (Å²) in [6.45, 7) is 7.63. The summed E-state index contributed by atoms with van der Waals surface area (Å²) in [7, 11) is -2.39. The second kappa shape index (κ2) is 9.11. The zero-order chi connectivity index (χ0) is 18.2. The van der Waals surface area contributed by atoms with Crippen molar-refractivity contribution in [3.8, 4) is 0 Å². The molecule has 3 heteroatoms. The van der Waals surface area contributed by atoms with Crippen molar-refractivity contribution in [2.24, 2.45) is 0 Å². The van der Waals surface area contributed by atoms with Crippen LogP contribution >= 0.6 is 0 Å². The van der Waals surface area contributed by atoms with Crippen LogP contribution in [0.3, 0.4) is 0 Å². The fourth-order valence-electron chi connectivity index (χ4n) is 3.49. The van der Waals surface area contributed by atoms with E-state index in [1.165, 1.54) is 10.4 Å². The van der Waals surface area contributed by atoms with Crippen LogP contribution in [0.15, 0.2) is 60.7 Å². The molecule has 0 radical (unpaired) electrons. The van der Waals surface area contributed by atoms with Crippen molar-refractivity contribution in [3.05, 3.63) is 60.7 Å². The lowest BCUT2D eigenvalue weighted by Crippen LogP contribution is -2.66. The molecule has 0 aliphatic heterocycles. The Morgan fingerprint density at radius 2 is 1.36 bits per heavy atom. The Morgan fingerprint density at radius 3 is 1.80 bits per heavy atom. The minimum atomic E-state index is -2.39. The number of aldehydes is 1. The molecule has 0 aromatic heterocycles. The Labute approximate surface area is 153 Å². The molecule has 2 rings (SSSR count). The molecule has 0 saturated carbocycles. The maximum absolute atomic E-state index is 10.5. The van der Waals surface area contributed by atoms with Gasteiger partial charge in [-0.1, -0.05) is 87.9 Å². The van der Waals surface area contributed by atoms with E-state index >= 15 is 0 Å². The van der Waals surface area contributed by atoms with Gasteiger partial charge in [-0.3, -0.25) is 0 Å². The van der Waals surface area contributed by atoms with Crippen LogP contribution in [-0.4, -0.2) is 21.2 Å². The molecular formula is C22H30O2Si-. The average Bonchev–Trinajstić information content (AvgIpc) is 2.62. The summed E-state index contributed by atoms with van der Waals surface area (Å²) < 4.78 is 6.80. The Kier molecular flexibility index (Phi) is 7.15. The molecule has 2 nitrogen and oxygen atoms in total. The highest BCUT2D eigenvalue weighted by atomic mass is 28.4. The molecule has 0 aliphatic rings. The smallest absolute Gasteiger partial charge is 0.119 e. The molecule has 25 heavy (non-hydrogen) atoms. The highest BCUT2D eigenvalue weighted by Crippen LogP contribution is 2.36. The van der Waals surface area contributed by atoms with Crippen LogP contribution < -0.4 is 10.4 Å². The quantitative estimate of drug-likeness (QED) is 0.381. The maximum Gasteiger partial charge on any atom is 0.119 e. The summed E-state index contributed by atoms with van der Waals surface area (Å²) >= 11 is 0. The largest absolute Gasteiger partial charge is 0.558 e. The molecule has 0 spiro atoms. The number of carbonyl (C=O) groups excluding carboxylic acids is 1.